The fraction of sp³-hybridized carbons (Fsp3) is 0.345. The number of aryl methyl sites for hydroxylation is 4. The maximum absolute atomic E-state index is 14.0. The standard InChI is InChI=1S/C29H32N4O6/c1-17-8-5-10-21(14-17)23(16-24(34)35)30-26(36)27-32(28(37)22-11-6-9-18(2)15-22)12-7-13-33(27)29(38)25-19(3)31-39-20(25)4/h5-6,8-11,14-15,23,27H,7,12-13,16H2,1-4H3,(H,30,36)(H,34,35). The van der Waals surface area contributed by atoms with E-state index in [1.165, 1.54) is 9.80 Å². The van der Waals surface area contributed by atoms with Crippen LogP contribution >= 0.6 is 0 Å². The number of amides is 3. The van der Waals surface area contributed by atoms with Gasteiger partial charge in [-0.25, -0.2) is 0 Å². The molecule has 3 aromatic rings. The summed E-state index contributed by atoms with van der Waals surface area (Å²) in [6.07, 6.45) is -1.23. The number of hydrogen-bond donors (Lipinski definition) is 2. The van der Waals surface area contributed by atoms with Crippen molar-refractivity contribution in [2.24, 2.45) is 0 Å². The molecule has 0 bridgehead atoms. The molecule has 39 heavy (non-hydrogen) atoms. The number of benzene rings is 2. The Balaban J connectivity index is 1.74. The van der Waals surface area contributed by atoms with Gasteiger partial charge in [0.2, 0.25) is 0 Å². The predicted molar refractivity (Wildman–Crippen MR) is 142 cm³/mol. The number of carbonyl (C=O) groups excluding carboxylic acids is 3. The van der Waals surface area contributed by atoms with E-state index in [1.807, 2.05) is 26.0 Å². The number of hydrogen-bond acceptors (Lipinski definition) is 6. The molecule has 10 nitrogen and oxygen atoms in total. The maximum Gasteiger partial charge on any atom is 0.305 e. The lowest BCUT2D eigenvalue weighted by atomic mass is 10.0. The summed E-state index contributed by atoms with van der Waals surface area (Å²) >= 11 is 0. The smallest absolute Gasteiger partial charge is 0.305 e. The van der Waals surface area contributed by atoms with Gasteiger partial charge in [0.05, 0.1) is 18.2 Å². The van der Waals surface area contributed by atoms with Crippen molar-refractivity contribution in [3.05, 3.63) is 87.8 Å². The molecular weight excluding hydrogens is 500 g/mol. The fourth-order valence-corrected chi connectivity index (χ4v) is 4.97. The van der Waals surface area contributed by atoms with E-state index in [1.54, 1.807) is 50.2 Å². The van der Waals surface area contributed by atoms with Gasteiger partial charge in [0.25, 0.3) is 17.7 Å². The average Bonchev–Trinajstić information content (AvgIpc) is 3.24. The zero-order valence-electron chi connectivity index (χ0n) is 22.4. The largest absolute Gasteiger partial charge is 0.481 e. The van der Waals surface area contributed by atoms with Crippen molar-refractivity contribution in [2.75, 3.05) is 13.1 Å². The van der Waals surface area contributed by atoms with Crippen LogP contribution in [0.2, 0.25) is 0 Å². The number of aliphatic carboxylic acids is 1. The molecule has 1 saturated heterocycles. The van der Waals surface area contributed by atoms with Crippen LogP contribution in [0.25, 0.3) is 0 Å². The van der Waals surface area contributed by atoms with Crippen molar-refractivity contribution in [3.63, 3.8) is 0 Å². The van der Waals surface area contributed by atoms with Gasteiger partial charge >= 0.3 is 5.97 Å². The molecule has 2 N–H and O–H groups in total. The minimum absolute atomic E-state index is 0.215. The van der Waals surface area contributed by atoms with Gasteiger partial charge in [-0.3, -0.25) is 19.2 Å². The molecule has 1 aliphatic rings. The lowest BCUT2D eigenvalue weighted by Gasteiger charge is -2.43. The summed E-state index contributed by atoms with van der Waals surface area (Å²) in [6, 6.07) is 13.3. The fourth-order valence-electron chi connectivity index (χ4n) is 4.97. The molecule has 4 rings (SSSR count). The Labute approximate surface area is 226 Å². The van der Waals surface area contributed by atoms with E-state index >= 15 is 0 Å². The minimum Gasteiger partial charge on any atom is -0.481 e. The summed E-state index contributed by atoms with van der Waals surface area (Å²) in [5.74, 6) is -2.33. The lowest BCUT2D eigenvalue weighted by Crippen LogP contribution is -2.63. The topological polar surface area (TPSA) is 133 Å². The highest BCUT2D eigenvalue weighted by Gasteiger charge is 2.42. The third kappa shape index (κ3) is 6.00. The van der Waals surface area contributed by atoms with Gasteiger partial charge in [-0.2, -0.15) is 0 Å². The van der Waals surface area contributed by atoms with E-state index in [9.17, 15) is 24.3 Å². The monoisotopic (exact) mass is 532 g/mol. The number of rotatable bonds is 7. The molecule has 10 heteroatoms. The second-order valence-corrected chi connectivity index (χ2v) is 9.87. The van der Waals surface area contributed by atoms with Gasteiger partial charge in [-0.15, -0.1) is 0 Å². The minimum atomic E-state index is -1.31. The first-order valence-corrected chi connectivity index (χ1v) is 12.8. The summed E-state index contributed by atoms with van der Waals surface area (Å²) in [7, 11) is 0. The molecule has 3 amide bonds. The number of carboxylic acids is 1. The van der Waals surface area contributed by atoms with E-state index in [2.05, 4.69) is 10.5 Å². The Morgan fingerprint density at radius 2 is 1.62 bits per heavy atom. The first-order valence-electron chi connectivity index (χ1n) is 12.8. The quantitative estimate of drug-likeness (QED) is 0.475. The number of carbonyl (C=O) groups is 4. The molecule has 2 heterocycles. The van der Waals surface area contributed by atoms with Crippen LogP contribution in [-0.4, -0.2) is 63.0 Å². The molecule has 2 atom stereocenters. The van der Waals surface area contributed by atoms with Crippen molar-refractivity contribution in [2.45, 2.75) is 52.7 Å². The van der Waals surface area contributed by atoms with E-state index < -0.39 is 35.9 Å². The normalized spacial score (nSPS) is 16.1. The molecule has 1 fully saturated rings. The van der Waals surface area contributed by atoms with Crippen molar-refractivity contribution < 1.29 is 28.8 Å². The van der Waals surface area contributed by atoms with Crippen LogP contribution in [0.1, 0.15) is 67.7 Å². The zero-order valence-corrected chi connectivity index (χ0v) is 22.4. The van der Waals surface area contributed by atoms with E-state index in [-0.39, 0.29) is 25.1 Å². The third-order valence-corrected chi connectivity index (χ3v) is 6.80. The van der Waals surface area contributed by atoms with E-state index in [0.29, 0.717) is 29.0 Å². The second-order valence-electron chi connectivity index (χ2n) is 9.87. The van der Waals surface area contributed by atoms with Gasteiger partial charge in [-0.05, 0) is 51.8 Å². The molecule has 0 spiro atoms. The van der Waals surface area contributed by atoms with Crippen molar-refractivity contribution >= 4 is 23.7 Å². The van der Waals surface area contributed by atoms with Crippen molar-refractivity contribution in [1.82, 2.24) is 20.3 Å². The maximum atomic E-state index is 14.0. The van der Waals surface area contributed by atoms with Crippen molar-refractivity contribution in [1.29, 1.82) is 0 Å². The zero-order chi connectivity index (χ0) is 28.3. The molecule has 0 aliphatic carbocycles. The van der Waals surface area contributed by atoms with Crippen LogP contribution in [0.4, 0.5) is 0 Å². The van der Waals surface area contributed by atoms with Gasteiger partial charge in [-0.1, -0.05) is 52.7 Å². The summed E-state index contributed by atoms with van der Waals surface area (Å²) in [5.41, 5.74) is 3.40. The molecule has 1 aromatic heterocycles. The summed E-state index contributed by atoms with van der Waals surface area (Å²) < 4.78 is 5.19. The average molecular weight is 533 g/mol. The Morgan fingerprint density at radius 1 is 0.974 bits per heavy atom. The Bertz CT molecular complexity index is 1390. The Kier molecular flexibility index (Phi) is 8.13. The third-order valence-electron chi connectivity index (χ3n) is 6.80. The van der Waals surface area contributed by atoms with Crippen molar-refractivity contribution in [3.8, 4) is 0 Å². The van der Waals surface area contributed by atoms with Crippen LogP contribution in [0.3, 0.4) is 0 Å². The lowest BCUT2D eigenvalue weighted by molar-refractivity contribution is -0.138. The van der Waals surface area contributed by atoms with Crippen LogP contribution < -0.4 is 5.32 Å². The van der Waals surface area contributed by atoms with Gasteiger partial charge in [0, 0.05) is 18.7 Å². The second kappa shape index (κ2) is 11.5. The van der Waals surface area contributed by atoms with Crippen LogP contribution in [0, 0.1) is 27.7 Å². The van der Waals surface area contributed by atoms with Crippen LogP contribution in [0.5, 0.6) is 0 Å². The van der Waals surface area contributed by atoms with E-state index in [0.717, 1.165) is 11.1 Å². The highest BCUT2D eigenvalue weighted by atomic mass is 16.5. The molecule has 204 valence electrons. The Hall–Kier alpha value is -4.47. The Morgan fingerprint density at radius 3 is 2.21 bits per heavy atom. The van der Waals surface area contributed by atoms with Crippen LogP contribution in [0.15, 0.2) is 53.1 Å². The molecule has 0 saturated carbocycles. The SMILES string of the molecule is Cc1cccc(C(=O)N2CCCN(C(=O)c3c(C)noc3C)C2C(=O)NC(CC(=O)O)c2cccc(C)c2)c1. The van der Waals surface area contributed by atoms with Gasteiger partial charge in [0.1, 0.15) is 11.3 Å². The summed E-state index contributed by atoms with van der Waals surface area (Å²) in [5, 5.41) is 16.3. The molecule has 2 unspecified atom stereocenters. The molecule has 2 aromatic carbocycles. The molecular formula is C29H32N4O6. The first kappa shape index (κ1) is 27.6. The first-order chi connectivity index (χ1) is 18.6. The van der Waals surface area contributed by atoms with Crippen LogP contribution in [-0.2, 0) is 9.59 Å². The molecule has 0 radical (unpaired) electrons. The number of aromatic nitrogens is 1. The van der Waals surface area contributed by atoms with E-state index in [4.69, 9.17) is 4.52 Å². The number of nitrogens with one attached hydrogen (secondary N) is 1. The predicted octanol–water partition coefficient (Wildman–Crippen LogP) is 3.55. The summed E-state index contributed by atoms with van der Waals surface area (Å²) in [4.78, 5) is 55.9. The number of carboxylic acid groups (broad SMARTS) is 1. The highest BCUT2D eigenvalue weighted by Crippen LogP contribution is 2.25. The number of nitrogens with zero attached hydrogens (tertiary/aromatic N) is 3. The molecule has 1 aliphatic heterocycles. The van der Waals surface area contributed by atoms with Gasteiger partial charge in [0.15, 0.2) is 6.17 Å². The highest BCUT2D eigenvalue weighted by molar-refractivity contribution is 6.02. The summed E-state index contributed by atoms with van der Waals surface area (Å²) in [6.45, 7) is 7.44. The van der Waals surface area contributed by atoms with Gasteiger partial charge < -0.3 is 24.7 Å².